The van der Waals surface area contributed by atoms with E-state index in [0.717, 1.165) is 37.9 Å². The Kier molecular flexibility index (Phi) is 4.54. The van der Waals surface area contributed by atoms with Crippen molar-refractivity contribution in [2.75, 3.05) is 13.1 Å². The number of benzene rings is 1. The highest BCUT2D eigenvalue weighted by atomic mass is 16.1. The first kappa shape index (κ1) is 13.3. The third-order valence-corrected chi connectivity index (χ3v) is 3.90. The molecular formula is C16H23NO. The molecule has 2 nitrogen and oxygen atoms in total. The molecule has 0 radical (unpaired) electrons. The molecule has 1 aliphatic rings. The van der Waals surface area contributed by atoms with E-state index in [-0.39, 0.29) is 5.92 Å². The van der Waals surface area contributed by atoms with Crippen molar-refractivity contribution >= 4 is 5.78 Å². The average molecular weight is 245 g/mol. The smallest absolute Gasteiger partial charge is 0.166 e. The van der Waals surface area contributed by atoms with Crippen LogP contribution in [0.3, 0.4) is 0 Å². The highest BCUT2D eigenvalue weighted by Crippen LogP contribution is 2.23. The van der Waals surface area contributed by atoms with Crippen LogP contribution in [0.15, 0.2) is 24.3 Å². The van der Waals surface area contributed by atoms with Crippen LogP contribution >= 0.6 is 0 Å². The van der Waals surface area contributed by atoms with Crippen LogP contribution in [0.1, 0.15) is 42.6 Å². The number of nitrogens with one attached hydrogen (secondary N) is 1. The summed E-state index contributed by atoms with van der Waals surface area (Å²) in [5.74, 6) is 0.969. The predicted octanol–water partition coefficient (Wildman–Crippen LogP) is 3.07. The van der Waals surface area contributed by atoms with Crippen LogP contribution in [-0.2, 0) is 6.42 Å². The molecule has 0 aliphatic carbocycles. The van der Waals surface area contributed by atoms with E-state index in [0.29, 0.717) is 11.7 Å². The monoisotopic (exact) mass is 245 g/mol. The summed E-state index contributed by atoms with van der Waals surface area (Å²) >= 11 is 0. The molecule has 0 amide bonds. The molecule has 2 heteroatoms. The number of Topliss-reactive ketones (excluding diaryl/α,β-unsaturated/α-hetero) is 1. The van der Waals surface area contributed by atoms with Gasteiger partial charge in [-0.15, -0.1) is 0 Å². The average Bonchev–Trinajstić information content (AvgIpc) is 2.40. The standard InChI is InChI=1S/C16H23NO/c1-3-4-13-5-7-14(8-6-13)16(18)15-9-10-17-11-12(15)2/h5-8,12,15,17H,3-4,9-11H2,1-2H3. The second-order valence-corrected chi connectivity index (χ2v) is 5.39. The van der Waals surface area contributed by atoms with E-state index in [1.165, 1.54) is 5.56 Å². The molecule has 1 aliphatic heterocycles. The summed E-state index contributed by atoms with van der Waals surface area (Å²) in [5, 5.41) is 3.34. The van der Waals surface area contributed by atoms with Crippen molar-refractivity contribution in [1.82, 2.24) is 5.32 Å². The number of hydrogen-bond donors (Lipinski definition) is 1. The third-order valence-electron chi connectivity index (χ3n) is 3.90. The van der Waals surface area contributed by atoms with Crippen molar-refractivity contribution in [2.45, 2.75) is 33.1 Å². The fourth-order valence-electron chi connectivity index (χ4n) is 2.74. The summed E-state index contributed by atoms with van der Waals surface area (Å²) in [6.07, 6.45) is 3.22. The van der Waals surface area contributed by atoms with Crippen molar-refractivity contribution in [3.8, 4) is 0 Å². The van der Waals surface area contributed by atoms with Gasteiger partial charge in [-0.3, -0.25) is 4.79 Å². The Morgan fingerprint density at radius 2 is 2.06 bits per heavy atom. The summed E-state index contributed by atoms with van der Waals surface area (Å²) in [4.78, 5) is 12.5. The topological polar surface area (TPSA) is 29.1 Å². The van der Waals surface area contributed by atoms with E-state index < -0.39 is 0 Å². The zero-order valence-corrected chi connectivity index (χ0v) is 11.4. The van der Waals surface area contributed by atoms with E-state index in [2.05, 4.69) is 31.3 Å². The predicted molar refractivity (Wildman–Crippen MR) is 74.9 cm³/mol. The van der Waals surface area contributed by atoms with Gasteiger partial charge in [-0.1, -0.05) is 44.5 Å². The molecule has 1 heterocycles. The molecule has 0 bridgehead atoms. The van der Waals surface area contributed by atoms with Gasteiger partial charge in [-0.25, -0.2) is 0 Å². The maximum atomic E-state index is 12.5. The Morgan fingerprint density at radius 1 is 1.33 bits per heavy atom. The van der Waals surface area contributed by atoms with Gasteiger partial charge in [0.1, 0.15) is 0 Å². The van der Waals surface area contributed by atoms with Crippen molar-refractivity contribution in [3.63, 3.8) is 0 Å². The van der Waals surface area contributed by atoms with Gasteiger partial charge < -0.3 is 5.32 Å². The van der Waals surface area contributed by atoms with Crippen LogP contribution in [0.2, 0.25) is 0 Å². The highest BCUT2D eigenvalue weighted by Gasteiger charge is 2.28. The first-order valence-corrected chi connectivity index (χ1v) is 7.06. The lowest BCUT2D eigenvalue weighted by Crippen LogP contribution is -2.38. The molecule has 2 atom stereocenters. The van der Waals surface area contributed by atoms with Gasteiger partial charge >= 0.3 is 0 Å². The van der Waals surface area contributed by atoms with Gasteiger partial charge in [-0.2, -0.15) is 0 Å². The fraction of sp³-hybridized carbons (Fsp3) is 0.562. The van der Waals surface area contributed by atoms with Crippen molar-refractivity contribution in [2.24, 2.45) is 11.8 Å². The highest BCUT2D eigenvalue weighted by molar-refractivity contribution is 5.98. The summed E-state index contributed by atoms with van der Waals surface area (Å²) in [5.41, 5.74) is 2.21. The van der Waals surface area contributed by atoms with Crippen molar-refractivity contribution < 1.29 is 4.79 Å². The number of piperidine rings is 1. The molecule has 0 saturated carbocycles. The minimum Gasteiger partial charge on any atom is -0.316 e. The number of hydrogen-bond acceptors (Lipinski definition) is 2. The quantitative estimate of drug-likeness (QED) is 0.826. The van der Waals surface area contributed by atoms with Crippen molar-refractivity contribution in [3.05, 3.63) is 35.4 Å². The summed E-state index contributed by atoms with van der Waals surface area (Å²) in [6, 6.07) is 8.20. The lowest BCUT2D eigenvalue weighted by molar-refractivity contribution is 0.0848. The number of aryl methyl sites for hydroxylation is 1. The molecule has 1 N–H and O–H groups in total. The van der Waals surface area contributed by atoms with Gasteiger partial charge in [-0.05, 0) is 37.4 Å². The number of carbonyl (C=O) groups excluding carboxylic acids is 1. The molecular weight excluding hydrogens is 222 g/mol. The summed E-state index contributed by atoms with van der Waals surface area (Å²) < 4.78 is 0. The largest absolute Gasteiger partial charge is 0.316 e. The Hall–Kier alpha value is -1.15. The molecule has 1 fully saturated rings. The second kappa shape index (κ2) is 6.14. The van der Waals surface area contributed by atoms with Crippen LogP contribution in [0, 0.1) is 11.8 Å². The molecule has 18 heavy (non-hydrogen) atoms. The molecule has 0 aromatic heterocycles. The Labute approximate surface area is 110 Å². The minimum atomic E-state index is 0.197. The number of rotatable bonds is 4. The SMILES string of the molecule is CCCc1ccc(C(=O)C2CCNCC2C)cc1. The molecule has 0 spiro atoms. The van der Waals surface area contributed by atoms with Crippen LogP contribution < -0.4 is 5.32 Å². The summed E-state index contributed by atoms with van der Waals surface area (Å²) in [7, 11) is 0. The molecule has 1 aromatic carbocycles. The second-order valence-electron chi connectivity index (χ2n) is 5.39. The van der Waals surface area contributed by atoms with Gasteiger partial charge in [0.2, 0.25) is 0 Å². The summed E-state index contributed by atoms with van der Waals surface area (Å²) in [6.45, 7) is 6.27. The van der Waals surface area contributed by atoms with Gasteiger partial charge in [0.25, 0.3) is 0 Å². The van der Waals surface area contributed by atoms with Crippen LogP contribution in [0.5, 0.6) is 0 Å². The zero-order chi connectivity index (χ0) is 13.0. The number of carbonyl (C=O) groups is 1. The lowest BCUT2D eigenvalue weighted by Gasteiger charge is -2.28. The maximum absolute atomic E-state index is 12.5. The van der Waals surface area contributed by atoms with Crippen LogP contribution in [0.4, 0.5) is 0 Å². The normalized spacial score (nSPS) is 23.9. The third kappa shape index (κ3) is 2.99. The van der Waals surface area contributed by atoms with E-state index in [9.17, 15) is 4.79 Å². The lowest BCUT2D eigenvalue weighted by atomic mass is 9.82. The maximum Gasteiger partial charge on any atom is 0.166 e. The molecule has 1 saturated heterocycles. The Balaban J connectivity index is 2.08. The zero-order valence-electron chi connectivity index (χ0n) is 11.4. The van der Waals surface area contributed by atoms with E-state index in [1.807, 2.05) is 12.1 Å². The van der Waals surface area contributed by atoms with Gasteiger partial charge in [0, 0.05) is 11.5 Å². The molecule has 1 aromatic rings. The Morgan fingerprint density at radius 3 is 2.67 bits per heavy atom. The fourth-order valence-corrected chi connectivity index (χ4v) is 2.74. The molecule has 2 unspecified atom stereocenters. The van der Waals surface area contributed by atoms with Crippen LogP contribution in [0.25, 0.3) is 0 Å². The molecule has 2 rings (SSSR count). The van der Waals surface area contributed by atoms with E-state index in [1.54, 1.807) is 0 Å². The van der Waals surface area contributed by atoms with Gasteiger partial charge in [0.15, 0.2) is 5.78 Å². The van der Waals surface area contributed by atoms with E-state index >= 15 is 0 Å². The van der Waals surface area contributed by atoms with Gasteiger partial charge in [0.05, 0.1) is 0 Å². The van der Waals surface area contributed by atoms with E-state index in [4.69, 9.17) is 0 Å². The molecule has 98 valence electrons. The minimum absolute atomic E-state index is 0.197. The van der Waals surface area contributed by atoms with Crippen molar-refractivity contribution in [1.29, 1.82) is 0 Å². The first-order valence-electron chi connectivity index (χ1n) is 7.06. The Bertz CT molecular complexity index is 396. The van der Waals surface area contributed by atoms with Crippen LogP contribution in [-0.4, -0.2) is 18.9 Å². The number of ketones is 1. The first-order chi connectivity index (χ1) is 8.72.